The second kappa shape index (κ2) is 4.28. The zero-order chi connectivity index (χ0) is 10.9. The van der Waals surface area contributed by atoms with E-state index in [2.05, 4.69) is 9.72 Å². The third-order valence-electron chi connectivity index (χ3n) is 1.06. The number of aromatic nitrogens is 1. The van der Waals surface area contributed by atoms with Crippen LogP contribution in [-0.4, -0.2) is 11.3 Å². The van der Waals surface area contributed by atoms with Crippen LogP contribution in [0.2, 0.25) is 10.2 Å². The Morgan fingerprint density at radius 1 is 1.36 bits per heavy atom. The fourth-order valence-electron chi connectivity index (χ4n) is 0.626. The van der Waals surface area contributed by atoms with E-state index in [1.165, 1.54) is 6.07 Å². The first kappa shape index (κ1) is 12.1. The van der Waals surface area contributed by atoms with Crippen molar-refractivity contribution in [2.75, 3.05) is 0 Å². The highest BCUT2D eigenvalue weighted by molar-refractivity contribution is 14.1. The summed E-state index contributed by atoms with van der Waals surface area (Å²) in [4.78, 5) is 3.35. The normalized spacial score (nSPS) is 11.6. The Morgan fingerprint density at radius 3 is 2.43 bits per heavy atom. The van der Waals surface area contributed by atoms with Gasteiger partial charge in [-0.2, -0.15) is 0 Å². The van der Waals surface area contributed by atoms with Gasteiger partial charge in [-0.3, -0.25) is 0 Å². The predicted octanol–water partition coefficient (Wildman–Crippen LogP) is 3.89. The minimum Gasteiger partial charge on any atom is -0.387 e. The molecule has 0 N–H and O–H groups in total. The molecule has 0 unspecified atom stereocenters. The lowest BCUT2D eigenvalue weighted by molar-refractivity contribution is -0.276. The van der Waals surface area contributed by atoms with Gasteiger partial charge in [-0.25, -0.2) is 4.98 Å². The number of alkyl halides is 3. The summed E-state index contributed by atoms with van der Waals surface area (Å²) in [6.07, 6.45) is -4.80. The van der Waals surface area contributed by atoms with Gasteiger partial charge in [0.2, 0.25) is 5.88 Å². The average molecular weight is 358 g/mol. The van der Waals surface area contributed by atoms with Crippen LogP contribution in [0.1, 0.15) is 0 Å². The van der Waals surface area contributed by atoms with Crippen LogP contribution in [0.5, 0.6) is 5.88 Å². The van der Waals surface area contributed by atoms with Crippen LogP contribution < -0.4 is 4.74 Å². The van der Waals surface area contributed by atoms with Crippen molar-refractivity contribution in [3.63, 3.8) is 0 Å². The first-order valence-corrected chi connectivity index (χ1v) is 4.90. The Hall–Kier alpha value is 0.0500. The van der Waals surface area contributed by atoms with Crippen LogP contribution in [0.4, 0.5) is 13.2 Å². The molecule has 0 amide bonds. The summed E-state index contributed by atoms with van der Waals surface area (Å²) in [6.45, 7) is 0. The molecule has 1 aromatic heterocycles. The smallest absolute Gasteiger partial charge is 0.387 e. The van der Waals surface area contributed by atoms with Crippen molar-refractivity contribution >= 4 is 45.8 Å². The van der Waals surface area contributed by atoms with Crippen LogP contribution in [0.15, 0.2) is 6.07 Å². The van der Waals surface area contributed by atoms with Crippen molar-refractivity contribution in [3.05, 3.63) is 19.8 Å². The maximum atomic E-state index is 11.8. The molecule has 0 bridgehead atoms. The zero-order valence-electron chi connectivity index (χ0n) is 6.20. The molecule has 14 heavy (non-hydrogen) atoms. The molecular formula is C6HCl2F3INO. The Balaban J connectivity index is 3.09. The van der Waals surface area contributed by atoms with E-state index >= 15 is 0 Å². The van der Waals surface area contributed by atoms with E-state index in [-0.39, 0.29) is 13.7 Å². The fourth-order valence-corrected chi connectivity index (χ4v) is 1.44. The van der Waals surface area contributed by atoms with E-state index in [0.29, 0.717) is 0 Å². The Bertz CT molecular complexity index is 358. The second-order valence-electron chi connectivity index (χ2n) is 2.09. The Labute approximate surface area is 100 Å². The Kier molecular flexibility index (Phi) is 3.70. The lowest BCUT2D eigenvalue weighted by atomic mass is 10.5. The summed E-state index contributed by atoms with van der Waals surface area (Å²) >= 11 is 12.6. The van der Waals surface area contributed by atoms with Crippen molar-refractivity contribution in [2.24, 2.45) is 0 Å². The topological polar surface area (TPSA) is 22.1 Å². The molecule has 78 valence electrons. The van der Waals surface area contributed by atoms with Gasteiger partial charge in [-0.15, -0.1) is 13.2 Å². The first-order valence-electron chi connectivity index (χ1n) is 3.07. The van der Waals surface area contributed by atoms with Crippen LogP contribution in [0.25, 0.3) is 0 Å². The summed E-state index contributed by atoms with van der Waals surface area (Å²) in [7, 11) is 0. The first-order chi connectivity index (χ1) is 6.29. The third-order valence-corrected chi connectivity index (χ3v) is 2.92. The molecule has 1 aromatic rings. The quantitative estimate of drug-likeness (QED) is 0.562. The molecule has 0 fully saturated rings. The van der Waals surface area contributed by atoms with E-state index in [1.807, 2.05) is 0 Å². The van der Waals surface area contributed by atoms with Gasteiger partial charge in [-0.05, 0) is 28.7 Å². The van der Waals surface area contributed by atoms with Gasteiger partial charge in [0.25, 0.3) is 0 Å². The number of halogens is 6. The van der Waals surface area contributed by atoms with Crippen molar-refractivity contribution in [1.29, 1.82) is 0 Å². The monoisotopic (exact) mass is 357 g/mol. The molecule has 0 aromatic carbocycles. The molecule has 1 rings (SSSR count). The molecule has 0 saturated heterocycles. The molecule has 0 aliphatic rings. The lowest BCUT2D eigenvalue weighted by Crippen LogP contribution is -2.18. The van der Waals surface area contributed by atoms with Gasteiger partial charge >= 0.3 is 6.36 Å². The SMILES string of the molecule is FC(F)(F)Oc1nc(Cl)cc(Cl)c1I. The molecule has 0 aliphatic carbocycles. The molecule has 8 heteroatoms. The largest absolute Gasteiger partial charge is 0.574 e. The summed E-state index contributed by atoms with van der Waals surface area (Å²) < 4.78 is 39.2. The number of hydrogen-bond acceptors (Lipinski definition) is 2. The number of pyridine rings is 1. The van der Waals surface area contributed by atoms with Gasteiger partial charge in [0.05, 0.1) is 8.59 Å². The van der Waals surface area contributed by atoms with E-state index in [4.69, 9.17) is 23.2 Å². The molecule has 0 spiro atoms. The molecule has 0 aliphatic heterocycles. The number of ether oxygens (including phenoxy) is 1. The standard InChI is InChI=1S/C6HCl2F3INO/c7-2-1-3(8)13-5(4(2)12)14-6(9,10)11/h1H. The molecule has 0 radical (unpaired) electrons. The van der Waals surface area contributed by atoms with Crippen molar-refractivity contribution < 1.29 is 17.9 Å². The molecule has 0 saturated carbocycles. The van der Waals surface area contributed by atoms with Crippen molar-refractivity contribution in [2.45, 2.75) is 6.36 Å². The fraction of sp³-hybridized carbons (Fsp3) is 0.167. The van der Waals surface area contributed by atoms with Crippen molar-refractivity contribution in [3.8, 4) is 5.88 Å². The van der Waals surface area contributed by atoms with Gasteiger partial charge in [0.1, 0.15) is 5.15 Å². The summed E-state index contributed by atoms with van der Waals surface area (Å²) in [6, 6.07) is 1.23. The molecule has 2 nitrogen and oxygen atoms in total. The van der Waals surface area contributed by atoms with Gasteiger partial charge in [0.15, 0.2) is 0 Å². The molecule has 0 atom stereocenters. The van der Waals surface area contributed by atoms with E-state index in [1.54, 1.807) is 22.6 Å². The van der Waals surface area contributed by atoms with Gasteiger partial charge < -0.3 is 4.74 Å². The van der Waals surface area contributed by atoms with E-state index < -0.39 is 12.2 Å². The maximum Gasteiger partial charge on any atom is 0.574 e. The highest BCUT2D eigenvalue weighted by Crippen LogP contribution is 2.32. The van der Waals surface area contributed by atoms with Crippen LogP contribution >= 0.6 is 45.8 Å². The predicted molar refractivity (Wildman–Crippen MR) is 53.7 cm³/mol. The second-order valence-corrected chi connectivity index (χ2v) is 3.97. The van der Waals surface area contributed by atoms with Crippen LogP contribution in [-0.2, 0) is 0 Å². The summed E-state index contributed by atoms with van der Waals surface area (Å²) in [5, 5.41) is -0.0977. The van der Waals surface area contributed by atoms with Crippen LogP contribution in [0, 0.1) is 3.57 Å². The number of nitrogens with zero attached hydrogens (tertiary/aromatic N) is 1. The van der Waals surface area contributed by atoms with Gasteiger partial charge in [-0.1, -0.05) is 23.2 Å². The average Bonchev–Trinajstić information content (AvgIpc) is 1.96. The minimum atomic E-state index is -4.80. The van der Waals surface area contributed by atoms with Gasteiger partial charge in [0, 0.05) is 0 Å². The highest BCUT2D eigenvalue weighted by Gasteiger charge is 2.33. The van der Waals surface area contributed by atoms with Crippen molar-refractivity contribution in [1.82, 2.24) is 4.98 Å². The summed E-state index contributed by atoms with van der Waals surface area (Å²) in [5.41, 5.74) is 0. The zero-order valence-corrected chi connectivity index (χ0v) is 9.87. The van der Waals surface area contributed by atoms with E-state index in [0.717, 1.165) is 0 Å². The lowest BCUT2D eigenvalue weighted by Gasteiger charge is -2.10. The van der Waals surface area contributed by atoms with Crippen LogP contribution in [0.3, 0.4) is 0 Å². The Morgan fingerprint density at radius 2 is 1.93 bits per heavy atom. The van der Waals surface area contributed by atoms with E-state index in [9.17, 15) is 13.2 Å². The maximum absolute atomic E-state index is 11.8. The number of rotatable bonds is 1. The molecular weight excluding hydrogens is 357 g/mol. The highest BCUT2D eigenvalue weighted by atomic mass is 127. The number of hydrogen-bond donors (Lipinski definition) is 0. The third kappa shape index (κ3) is 3.32. The summed E-state index contributed by atoms with van der Waals surface area (Å²) in [5.74, 6) is -0.643. The molecule has 1 heterocycles. The minimum absolute atomic E-state index is 0.0600.